The molecule has 0 bridgehead atoms. The average molecular weight is 361 g/mol. The summed E-state index contributed by atoms with van der Waals surface area (Å²) in [6, 6.07) is 4.79. The van der Waals surface area contributed by atoms with Crippen LogP contribution in [0, 0.1) is 6.92 Å². The van der Waals surface area contributed by atoms with Crippen LogP contribution >= 0.6 is 0 Å². The highest BCUT2D eigenvalue weighted by Gasteiger charge is 2.36. The summed E-state index contributed by atoms with van der Waals surface area (Å²) in [6.07, 6.45) is -7.22. The summed E-state index contributed by atoms with van der Waals surface area (Å²) in [4.78, 5) is 3.31. The number of alkyl halides is 6. The van der Waals surface area contributed by atoms with E-state index in [1.165, 1.54) is 25.3 Å². The first kappa shape index (κ1) is 17.1. The number of hydrogen-bond donors (Lipinski definition) is 0. The molecule has 0 spiro atoms. The molecule has 25 heavy (non-hydrogen) atoms. The van der Waals surface area contributed by atoms with Crippen molar-refractivity contribution in [2.24, 2.45) is 0 Å². The van der Waals surface area contributed by atoms with E-state index in [0.717, 1.165) is 23.0 Å². The van der Waals surface area contributed by atoms with E-state index in [4.69, 9.17) is 0 Å². The van der Waals surface area contributed by atoms with Gasteiger partial charge >= 0.3 is 12.5 Å². The lowest BCUT2D eigenvalue weighted by Crippen LogP contribution is -2.17. The molecule has 132 valence electrons. The maximum absolute atomic E-state index is 12.9. The number of rotatable bonds is 2. The average Bonchev–Trinajstić information content (AvgIpc) is 2.88. The van der Waals surface area contributed by atoms with E-state index in [9.17, 15) is 26.3 Å². The second kappa shape index (κ2) is 5.64. The van der Waals surface area contributed by atoms with Crippen molar-refractivity contribution in [1.82, 2.24) is 14.6 Å². The van der Waals surface area contributed by atoms with E-state index in [2.05, 4.69) is 14.8 Å². The van der Waals surface area contributed by atoms with Crippen molar-refractivity contribution in [2.75, 3.05) is 0 Å². The lowest BCUT2D eigenvalue weighted by atomic mass is 10.0. The summed E-state index contributed by atoms with van der Waals surface area (Å²) in [5.74, 6) is -0.414. The van der Waals surface area contributed by atoms with Gasteiger partial charge in [0, 0.05) is 5.56 Å². The van der Waals surface area contributed by atoms with Gasteiger partial charge in [-0.2, -0.15) is 18.3 Å². The van der Waals surface area contributed by atoms with Crippen LogP contribution in [-0.4, -0.2) is 21.0 Å². The molecule has 1 aromatic carbocycles. The van der Waals surface area contributed by atoms with Gasteiger partial charge < -0.3 is 4.74 Å². The van der Waals surface area contributed by atoms with Gasteiger partial charge in [-0.25, -0.2) is 9.50 Å². The molecular weight excluding hydrogens is 352 g/mol. The zero-order chi connectivity index (χ0) is 18.4. The number of halogens is 6. The van der Waals surface area contributed by atoms with Crippen molar-refractivity contribution >= 4 is 5.52 Å². The van der Waals surface area contributed by atoms with Gasteiger partial charge in [0.2, 0.25) is 0 Å². The third-order valence-electron chi connectivity index (χ3n) is 3.41. The zero-order valence-electron chi connectivity index (χ0n) is 12.5. The molecular formula is C15H9F6N3O. The van der Waals surface area contributed by atoms with Gasteiger partial charge in [0.25, 0.3) is 0 Å². The third-order valence-corrected chi connectivity index (χ3v) is 3.41. The molecule has 0 fully saturated rings. The highest BCUT2D eigenvalue weighted by molar-refractivity contribution is 5.72. The normalized spacial score (nSPS) is 12.6. The van der Waals surface area contributed by atoms with Crippen molar-refractivity contribution < 1.29 is 31.1 Å². The Bertz CT molecular complexity index is 929. The van der Waals surface area contributed by atoms with Gasteiger partial charge in [-0.05, 0) is 36.2 Å². The highest BCUT2D eigenvalue weighted by atomic mass is 19.4. The molecule has 10 heteroatoms. The van der Waals surface area contributed by atoms with Crippen LogP contribution in [0.3, 0.4) is 0 Å². The van der Waals surface area contributed by atoms with E-state index < -0.39 is 24.0 Å². The quantitative estimate of drug-likeness (QED) is 0.625. The Labute approximate surface area is 136 Å². The SMILES string of the molecule is Cc1cc(OC(F)(F)F)ccc1-c1cnn2cnc(C(F)(F)F)c2c1. The Morgan fingerprint density at radius 2 is 1.76 bits per heavy atom. The Morgan fingerprint density at radius 3 is 2.36 bits per heavy atom. The fourth-order valence-corrected chi connectivity index (χ4v) is 2.41. The summed E-state index contributed by atoms with van der Waals surface area (Å²) in [6.45, 7) is 1.52. The first-order valence-electron chi connectivity index (χ1n) is 6.82. The van der Waals surface area contributed by atoms with Crippen LogP contribution in [0.15, 0.2) is 36.8 Å². The molecule has 2 heterocycles. The topological polar surface area (TPSA) is 39.4 Å². The highest BCUT2D eigenvalue weighted by Crippen LogP contribution is 2.34. The van der Waals surface area contributed by atoms with Gasteiger partial charge in [-0.15, -0.1) is 13.2 Å². The number of aromatic nitrogens is 3. The van der Waals surface area contributed by atoms with E-state index in [0.29, 0.717) is 16.7 Å². The molecule has 0 aliphatic heterocycles. The number of nitrogens with zero attached hydrogens (tertiary/aromatic N) is 3. The molecule has 0 unspecified atom stereocenters. The molecule has 0 saturated heterocycles. The molecule has 3 aromatic rings. The molecule has 3 rings (SSSR count). The Hall–Kier alpha value is -2.78. The maximum atomic E-state index is 12.9. The summed E-state index contributed by atoms with van der Waals surface area (Å²) < 4.78 is 80.4. The number of fused-ring (bicyclic) bond motifs is 1. The smallest absolute Gasteiger partial charge is 0.406 e. The van der Waals surface area contributed by atoms with Crippen molar-refractivity contribution in [3.05, 3.63) is 48.0 Å². The molecule has 0 amide bonds. The van der Waals surface area contributed by atoms with Crippen molar-refractivity contribution in [2.45, 2.75) is 19.5 Å². The monoisotopic (exact) mass is 361 g/mol. The van der Waals surface area contributed by atoms with Gasteiger partial charge in [-0.3, -0.25) is 0 Å². The van der Waals surface area contributed by atoms with Gasteiger partial charge in [-0.1, -0.05) is 6.07 Å². The first-order valence-corrected chi connectivity index (χ1v) is 6.82. The molecule has 0 atom stereocenters. The van der Waals surface area contributed by atoms with Crippen LogP contribution in [0.5, 0.6) is 5.75 Å². The van der Waals surface area contributed by atoms with Gasteiger partial charge in [0.15, 0.2) is 5.69 Å². The second-order valence-corrected chi connectivity index (χ2v) is 5.19. The minimum absolute atomic E-state index is 0.250. The van der Waals surface area contributed by atoms with Gasteiger partial charge in [0.05, 0.1) is 11.7 Å². The van der Waals surface area contributed by atoms with Crippen LogP contribution < -0.4 is 4.74 Å². The second-order valence-electron chi connectivity index (χ2n) is 5.19. The fourth-order valence-electron chi connectivity index (χ4n) is 2.41. The molecule has 0 radical (unpaired) electrons. The summed E-state index contributed by atoms with van der Waals surface area (Å²) in [5.41, 5.74) is -0.203. The lowest BCUT2D eigenvalue weighted by molar-refractivity contribution is -0.274. The van der Waals surface area contributed by atoms with Crippen LogP contribution in [0.4, 0.5) is 26.3 Å². The van der Waals surface area contributed by atoms with Crippen LogP contribution in [0.1, 0.15) is 11.3 Å². The standard InChI is InChI=1S/C15H9F6N3O/c1-8-4-10(25-15(19,20)21)2-3-11(8)9-5-12-13(14(16,17)18)22-7-24(12)23-6-9/h2-7H,1H3. The van der Waals surface area contributed by atoms with Gasteiger partial charge in [0.1, 0.15) is 12.1 Å². The largest absolute Gasteiger partial charge is 0.573 e. The van der Waals surface area contributed by atoms with Crippen LogP contribution in [-0.2, 0) is 6.18 Å². The van der Waals surface area contributed by atoms with Crippen LogP contribution in [0.2, 0.25) is 0 Å². The fraction of sp³-hybridized carbons (Fsp3) is 0.200. The minimum Gasteiger partial charge on any atom is -0.406 e. The number of benzene rings is 1. The summed E-state index contributed by atoms with van der Waals surface area (Å²) in [7, 11) is 0. The predicted molar refractivity (Wildman–Crippen MR) is 74.8 cm³/mol. The third kappa shape index (κ3) is 3.52. The van der Waals surface area contributed by atoms with Crippen molar-refractivity contribution in [3.63, 3.8) is 0 Å². The molecule has 0 N–H and O–H groups in total. The number of hydrogen-bond acceptors (Lipinski definition) is 3. The first-order chi connectivity index (χ1) is 11.5. The molecule has 0 aliphatic rings. The molecule has 2 aromatic heterocycles. The number of aryl methyl sites for hydroxylation is 1. The predicted octanol–water partition coefficient (Wildman–Crippen LogP) is 4.62. The van der Waals surface area contributed by atoms with E-state index in [-0.39, 0.29) is 5.52 Å². The van der Waals surface area contributed by atoms with Crippen LogP contribution in [0.25, 0.3) is 16.6 Å². The molecule has 0 saturated carbocycles. The Morgan fingerprint density at radius 1 is 1.04 bits per heavy atom. The van der Waals surface area contributed by atoms with E-state index >= 15 is 0 Å². The summed E-state index contributed by atoms with van der Waals surface area (Å²) >= 11 is 0. The lowest BCUT2D eigenvalue weighted by Gasteiger charge is -2.12. The number of ether oxygens (including phenoxy) is 1. The summed E-state index contributed by atoms with van der Waals surface area (Å²) in [5, 5.41) is 3.86. The van der Waals surface area contributed by atoms with E-state index in [1.54, 1.807) is 0 Å². The maximum Gasteiger partial charge on any atom is 0.573 e. The Kier molecular flexibility index (Phi) is 3.85. The Balaban J connectivity index is 2.04. The minimum atomic E-state index is -4.83. The van der Waals surface area contributed by atoms with Crippen molar-refractivity contribution in [3.8, 4) is 16.9 Å². The zero-order valence-corrected chi connectivity index (χ0v) is 12.5. The molecule has 0 aliphatic carbocycles. The number of imidazole rings is 1. The van der Waals surface area contributed by atoms with Crippen molar-refractivity contribution in [1.29, 1.82) is 0 Å². The molecule has 4 nitrogen and oxygen atoms in total. The van der Waals surface area contributed by atoms with E-state index in [1.807, 2.05) is 0 Å².